The number of carbonyl (C=O) groups is 2. The molecular formula is C23H23N3O5. The molecule has 1 aromatic heterocycles. The van der Waals surface area contributed by atoms with E-state index < -0.39 is 0 Å². The number of ether oxygens (including phenoxy) is 2. The highest BCUT2D eigenvalue weighted by Crippen LogP contribution is 2.28. The highest BCUT2D eigenvalue weighted by molar-refractivity contribution is 5.94. The average molecular weight is 421 g/mol. The summed E-state index contributed by atoms with van der Waals surface area (Å²) in [5, 5.41) is 12.3. The number of aromatic nitrogens is 2. The molecule has 0 fully saturated rings. The fourth-order valence-corrected chi connectivity index (χ4v) is 2.83. The van der Waals surface area contributed by atoms with E-state index in [1.54, 1.807) is 42.5 Å². The van der Waals surface area contributed by atoms with Crippen LogP contribution in [0.25, 0.3) is 11.4 Å². The molecule has 1 heterocycles. The van der Waals surface area contributed by atoms with Crippen molar-refractivity contribution >= 4 is 17.4 Å². The Morgan fingerprint density at radius 1 is 1.06 bits per heavy atom. The van der Waals surface area contributed by atoms with Crippen LogP contribution in [0.3, 0.4) is 0 Å². The minimum atomic E-state index is -0.184. The van der Waals surface area contributed by atoms with Gasteiger partial charge in [-0.15, -0.1) is 0 Å². The molecule has 3 rings (SSSR count). The highest BCUT2D eigenvalue weighted by atomic mass is 16.5. The Hall–Kier alpha value is -3.94. The third kappa shape index (κ3) is 6.02. The van der Waals surface area contributed by atoms with Crippen molar-refractivity contribution in [1.29, 1.82) is 0 Å². The molecule has 0 aliphatic carbocycles. The van der Waals surface area contributed by atoms with E-state index in [0.29, 0.717) is 47.2 Å². The van der Waals surface area contributed by atoms with Gasteiger partial charge < -0.3 is 19.9 Å². The number of benzene rings is 2. The SMILES string of the molecule is COc1cc(C(C)=O)ccc1OCCCC(=O)Nc1cnc(-c2cccc(O)c2)nc1. The number of hydrogen-bond acceptors (Lipinski definition) is 7. The van der Waals surface area contributed by atoms with Crippen LogP contribution >= 0.6 is 0 Å². The molecule has 0 aliphatic heterocycles. The Balaban J connectivity index is 1.47. The first-order valence-corrected chi connectivity index (χ1v) is 9.69. The fraction of sp³-hybridized carbons (Fsp3) is 0.217. The zero-order valence-electron chi connectivity index (χ0n) is 17.3. The smallest absolute Gasteiger partial charge is 0.224 e. The number of phenols is 1. The monoisotopic (exact) mass is 421 g/mol. The van der Waals surface area contributed by atoms with E-state index in [9.17, 15) is 14.7 Å². The quantitative estimate of drug-likeness (QED) is 0.399. The number of Topliss-reactive ketones (excluding diaryl/α,β-unsaturated/α-hetero) is 1. The van der Waals surface area contributed by atoms with Crippen molar-refractivity contribution in [2.45, 2.75) is 19.8 Å². The maximum Gasteiger partial charge on any atom is 0.224 e. The molecule has 160 valence electrons. The van der Waals surface area contributed by atoms with Gasteiger partial charge in [0.15, 0.2) is 23.1 Å². The number of ketones is 1. The van der Waals surface area contributed by atoms with Crippen LogP contribution in [0.15, 0.2) is 54.9 Å². The van der Waals surface area contributed by atoms with Crippen LogP contribution in [-0.2, 0) is 4.79 Å². The Bertz CT molecular complexity index is 1070. The predicted molar refractivity (Wildman–Crippen MR) is 115 cm³/mol. The number of rotatable bonds is 9. The van der Waals surface area contributed by atoms with Gasteiger partial charge in [-0.3, -0.25) is 9.59 Å². The first-order valence-electron chi connectivity index (χ1n) is 9.69. The van der Waals surface area contributed by atoms with Gasteiger partial charge in [-0.05, 0) is 43.7 Å². The molecule has 1 amide bonds. The lowest BCUT2D eigenvalue weighted by Crippen LogP contribution is -2.13. The summed E-state index contributed by atoms with van der Waals surface area (Å²) in [4.78, 5) is 32.0. The Morgan fingerprint density at radius 3 is 2.52 bits per heavy atom. The molecule has 0 unspecified atom stereocenters. The van der Waals surface area contributed by atoms with Crippen LogP contribution in [0.1, 0.15) is 30.1 Å². The largest absolute Gasteiger partial charge is 0.508 e. The second kappa shape index (κ2) is 10.2. The van der Waals surface area contributed by atoms with Gasteiger partial charge in [0.1, 0.15) is 5.75 Å². The van der Waals surface area contributed by atoms with Crippen LogP contribution in [0.5, 0.6) is 17.2 Å². The van der Waals surface area contributed by atoms with Crippen LogP contribution in [0, 0.1) is 0 Å². The summed E-state index contributed by atoms with van der Waals surface area (Å²) >= 11 is 0. The molecule has 8 nitrogen and oxygen atoms in total. The summed E-state index contributed by atoms with van der Waals surface area (Å²) in [6.45, 7) is 1.80. The molecule has 0 bridgehead atoms. The number of nitrogens with zero attached hydrogens (tertiary/aromatic N) is 2. The lowest BCUT2D eigenvalue weighted by molar-refractivity contribution is -0.116. The maximum atomic E-state index is 12.1. The second-order valence-corrected chi connectivity index (χ2v) is 6.77. The van der Waals surface area contributed by atoms with E-state index in [1.165, 1.54) is 26.4 Å². The molecule has 31 heavy (non-hydrogen) atoms. The maximum absolute atomic E-state index is 12.1. The third-order valence-electron chi connectivity index (χ3n) is 4.42. The van der Waals surface area contributed by atoms with Crippen LogP contribution < -0.4 is 14.8 Å². The number of phenolic OH excluding ortho intramolecular Hbond substituents is 1. The van der Waals surface area contributed by atoms with Crippen molar-refractivity contribution in [2.75, 3.05) is 19.0 Å². The van der Waals surface area contributed by atoms with Gasteiger partial charge in [-0.25, -0.2) is 9.97 Å². The third-order valence-corrected chi connectivity index (χ3v) is 4.42. The minimum Gasteiger partial charge on any atom is -0.508 e. The van der Waals surface area contributed by atoms with Gasteiger partial charge in [0, 0.05) is 17.5 Å². The molecule has 0 saturated carbocycles. The van der Waals surface area contributed by atoms with E-state index in [4.69, 9.17) is 9.47 Å². The second-order valence-electron chi connectivity index (χ2n) is 6.77. The van der Waals surface area contributed by atoms with Gasteiger partial charge in [0.05, 0.1) is 31.8 Å². The summed E-state index contributed by atoms with van der Waals surface area (Å²) in [5.41, 5.74) is 1.71. The average Bonchev–Trinajstić information content (AvgIpc) is 2.77. The van der Waals surface area contributed by atoms with Crippen LogP contribution in [0.4, 0.5) is 5.69 Å². The molecule has 0 saturated heterocycles. The summed E-state index contributed by atoms with van der Waals surface area (Å²) in [6, 6.07) is 11.6. The molecule has 2 aromatic carbocycles. The molecule has 0 radical (unpaired) electrons. The number of carbonyl (C=O) groups excluding carboxylic acids is 2. The first-order chi connectivity index (χ1) is 15.0. The predicted octanol–water partition coefficient (Wildman–Crippen LogP) is 3.86. The van der Waals surface area contributed by atoms with Gasteiger partial charge >= 0.3 is 0 Å². The number of anilines is 1. The molecule has 8 heteroatoms. The van der Waals surface area contributed by atoms with Gasteiger partial charge in [0.25, 0.3) is 0 Å². The van der Waals surface area contributed by atoms with Gasteiger partial charge in [0.2, 0.25) is 5.91 Å². The molecular weight excluding hydrogens is 398 g/mol. The van der Waals surface area contributed by atoms with E-state index in [1.807, 2.05) is 0 Å². The van der Waals surface area contributed by atoms with Crippen molar-refractivity contribution in [1.82, 2.24) is 9.97 Å². The topological polar surface area (TPSA) is 111 Å². The number of hydrogen-bond donors (Lipinski definition) is 2. The van der Waals surface area contributed by atoms with Crippen molar-refractivity contribution in [3.8, 4) is 28.6 Å². The zero-order valence-corrected chi connectivity index (χ0v) is 17.3. The van der Waals surface area contributed by atoms with Crippen molar-refractivity contribution < 1.29 is 24.2 Å². The van der Waals surface area contributed by atoms with Crippen molar-refractivity contribution in [3.05, 3.63) is 60.4 Å². The zero-order chi connectivity index (χ0) is 22.2. The fourth-order valence-electron chi connectivity index (χ4n) is 2.83. The summed E-state index contributed by atoms with van der Waals surface area (Å²) in [7, 11) is 1.51. The highest BCUT2D eigenvalue weighted by Gasteiger charge is 2.09. The Labute approximate surface area is 179 Å². The number of nitrogens with one attached hydrogen (secondary N) is 1. The summed E-state index contributed by atoms with van der Waals surface area (Å²) in [6.07, 6.45) is 3.78. The molecule has 3 aromatic rings. The van der Waals surface area contributed by atoms with E-state index in [0.717, 1.165) is 0 Å². The van der Waals surface area contributed by atoms with Crippen molar-refractivity contribution in [3.63, 3.8) is 0 Å². The van der Waals surface area contributed by atoms with Gasteiger partial charge in [-0.1, -0.05) is 12.1 Å². The van der Waals surface area contributed by atoms with E-state index >= 15 is 0 Å². The number of methoxy groups -OCH3 is 1. The lowest BCUT2D eigenvalue weighted by atomic mass is 10.1. The summed E-state index contributed by atoms with van der Waals surface area (Å²) < 4.78 is 10.9. The number of aromatic hydroxyl groups is 1. The minimum absolute atomic E-state index is 0.0551. The Morgan fingerprint density at radius 2 is 1.84 bits per heavy atom. The van der Waals surface area contributed by atoms with E-state index in [-0.39, 0.29) is 23.9 Å². The Kier molecular flexibility index (Phi) is 7.16. The van der Waals surface area contributed by atoms with E-state index in [2.05, 4.69) is 15.3 Å². The van der Waals surface area contributed by atoms with Crippen molar-refractivity contribution in [2.24, 2.45) is 0 Å². The number of amides is 1. The summed E-state index contributed by atoms with van der Waals surface area (Å²) in [5.74, 6) is 1.33. The molecule has 0 atom stereocenters. The van der Waals surface area contributed by atoms with Crippen LogP contribution in [-0.4, -0.2) is 40.5 Å². The molecule has 2 N–H and O–H groups in total. The van der Waals surface area contributed by atoms with Gasteiger partial charge in [-0.2, -0.15) is 0 Å². The molecule has 0 spiro atoms. The lowest BCUT2D eigenvalue weighted by Gasteiger charge is -2.11. The van der Waals surface area contributed by atoms with Crippen LogP contribution in [0.2, 0.25) is 0 Å². The standard InChI is InChI=1S/C23H23N3O5/c1-15(27)16-8-9-20(21(12-16)30-2)31-10-4-7-22(29)26-18-13-24-23(25-14-18)17-5-3-6-19(28)11-17/h3,5-6,8-9,11-14,28H,4,7,10H2,1-2H3,(H,26,29). The molecule has 0 aliphatic rings. The normalized spacial score (nSPS) is 10.4. The first kappa shape index (κ1) is 21.8.